The van der Waals surface area contributed by atoms with Crippen molar-refractivity contribution in [2.45, 2.75) is 19.9 Å². The van der Waals surface area contributed by atoms with E-state index in [1.165, 1.54) is 11.3 Å². The minimum atomic E-state index is 0.219. The fraction of sp³-hybridized carbons (Fsp3) is 0.333. The average Bonchev–Trinajstić information content (AvgIpc) is 2.69. The van der Waals surface area contributed by atoms with Crippen molar-refractivity contribution < 1.29 is 0 Å². The van der Waals surface area contributed by atoms with Crippen molar-refractivity contribution in [1.82, 2.24) is 14.8 Å². The van der Waals surface area contributed by atoms with E-state index in [9.17, 15) is 0 Å². The molecule has 0 aromatic carbocycles. The van der Waals surface area contributed by atoms with Crippen molar-refractivity contribution in [2.24, 2.45) is 0 Å². The molecule has 0 aliphatic heterocycles. The van der Waals surface area contributed by atoms with Gasteiger partial charge in [-0.3, -0.25) is 9.67 Å². The van der Waals surface area contributed by atoms with Crippen molar-refractivity contribution in [2.75, 3.05) is 0 Å². The van der Waals surface area contributed by atoms with E-state index in [1.54, 1.807) is 6.07 Å². The maximum Gasteiger partial charge on any atom is 0.195 e. The van der Waals surface area contributed by atoms with Crippen molar-refractivity contribution in [3.05, 3.63) is 19.5 Å². The average molecular weight is 294 g/mol. The van der Waals surface area contributed by atoms with Crippen LogP contribution in [-0.4, -0.2) is 14.8 Å². The van der Waals surface area contributed by atoms with Crippen molar-refractivity contribution in [1.29, 1.82) is 0 Å². The van der Waals surface area contributed by atoms with Gasteiger partial charge >= 0.3 is 0 Å². The van der Waals surface area contributed by atoms with Gasteiger partial charge < -0.3 is 0 Å². The molecule has 2 aromatic rings. The van der Waals surface area contributed by atoms with Crippen molar-refractivity contribution in [3.8, 4) is 11.4 Å². The summed E-state index contributed by atoms with van der Waals surface area (Å²) in [5.74, 6) is 0.730. The van der Waals surface area contributed by atoms with E-state index in [1.807, 2.05) is 18.4 Å². The molecular weight excluding hydrogens is 285 g/mol. The first-order valence-corrected chi connectivity index (χ1v) is 6.61. The van der Waals surface area contributed by atoms with Crippen LogP contribution in [0.3, 0.4) is 0 Å². The van der Waals surface area contributed by atoms with E-state index in [4.69, 9.17) is 35.4 Å². The van der Waals surface area contributed by atoms with Crippen LogP contribution in [0.2, 0.25) is 8.67 Å². The van der Waals surface area contributed by atoms with Crippen LogP contribution in [0.15, 0.2) is 6.07 Å². The molecule has 0 saturated carbocycles. The van der Waals surface area contributed by atoms with Gasteiger partial charge in [-0.25, -0.2) is 0 Å². The van der Waals surface area contributed by atoms with Gasteiger partial charge in [0.25, 0.3) is 0 Å². The van der Waals surface area contributed by atoms with Gasteiger partial charge in [0.15, 0.2) is 10.6 Å². The zero-order valence-corrected chi connectivity index (χ0v) is 11.8. The lowest BCUT2D eigenvalue weighted by Gasteiger charge is -2.09. The first-order chi connectivity index (χ1) is 7.50. The summed E-state index contributed by atoms with van der Waals surface area (Å²) in [6.07, 6.45) is 0. The summed E-state index contributed by atoms with van der Waals surface area (Å²) in [5, 5.41) is 6.96. The van der Waals surface area contributed by atoms with Crippen LogP contribution in [0, 0.1) is 4.77 Å². The number of hydrogen-bond donors (Lipinski definition) is 1. The second kappa shape index (κ2) is 4.49. The third kappa shape index (κ3) is 2.05. The van der Waals surface area contributed by atoms with Gasteiger partial charge in [0.05, 0.1) is 9.90 Å². The molecule has 0 spiro atoms. The Morgan fingerprint density at radius 2 is 2.19 bits per heavy atom. The minimum absolute atomic E-state index is 0.219. The van der Waals surface area contributed by atoms with Gasteiger partial charge in [-0.2, -0.15) is 5.10 Å². The number of halogens is 2. The number of thiophene rings is 1. The van der Waals surface area contributed by atoms with E-state index in [0.717, 1.165) is 11.4 Å². The molecule has 2 aromatic heterocycles. The van der Waals surface area contributed by atoms with Gasteiger partial charge in [-0.05, 0) is 32.1 Å². The molecule has 86 valence electrons. The van der Waals surface area contributed by atoms with Gasteiger partial charge in [0, 0.05) is 6.04 Å². The minimum Gasteiger partial charge on any atom is -0.298 e. The van der Waals surface area contributed by atoms with Gasteiger partial charge in [0.1, 0.15) is 4.34 Å². The summed E-state index contributed by atoms with van der Waals surface area (Å²) in [4.78, 5) is 0. The fourth-order valence-corrected chi connectivity index (χ4v) is 3.27. The van der Waals surface area contributed by atoms with E-state index < -0.39 is 0 Å². The van der Waals surface area contributed by atoms with Gasteiger partial charge in [-0.15, -0.1) is 11.3 Å². The largest absolute Gasteiger partial charge is 0.298 e. The molecule has 16 heavy (non-hydrogen) atoms. The zero-order valence-electron chi connectivity index (χ0n) is 8.62. The Bertz CT molecular complexity index is 568. The number of rotatable bonds is 2. The third-order valence-electron chi connectivity index (χ3n) is 2.12. The number of nitrogens with zero attached hydrogens (tertiary/aromatic N) is 2. The molecule has 0 unspecified atom stereocenters. The highest BCUT2D eigenvalue weighted by Gasteiger charge is 2.16. The fourth-order valence-electron chi connectivity index (χ4n) is 1.47. The SMILES string of the molecule is CC(C)n1c(-c2cc(Cl)sc2Cl)n[nH]c1=S. The summed E-state index contributed by atoms with van der Waals surface area (Å²) >= 11 is 18.5. The number of hydrogen-bond acceptors (Lipinski definition) is 3. The standard InChI is InChI=1S/C9H9Cl2N3S2/c1-4(2)14-8(12-13-9(14)15)5-3-6(10)16-7(5)11/h3-4H,1-2H3,(H,13,15). The highest BCUT2D eigenvalue weighted by molar-refractivity contribution is 7.71. The lowest BCUT2D eigenvalue weighted by Crippen LogP contribution is -2.02. The van der Waals surface area contributed by atoms with Crippen LogP contribution in [0.25, 0.3) is 11.4 Å². The molecule has 0 amide bonds. The predicted octanol–water partition coefficient (Wildman–Crippen LogP) is 4.56. The second-order valence-electron chi connectivity index (χ2n) is 3.55. The molecule has 0 atom stereocenters. The van der Waals surface area contributed by atoms with Gasteiger partial charge in [0.2, 0.25) is 0 Å². The van der Waals surface area contributed by atoms with E-state index in [0.29, 0.717) is 13.4 Å². The topological polar surface area (TPSA) is 33.6 Å². The summed E-state index contributed by atoms with van der Waals surface area (Å²) in [6.45, 7) is 4.08. The molecule has 7 heteroatoms. The van der Waals surface area contributed by atoms with Gasteiger partial charge in [-0.1, -0.05) is 23.2 Å². The number of aromatic amines is 1. The molecular formula is C9H9Cl2N3S2. The monoisotopic (exact) mass is 293 g/mol. The Morgan fingerprint density at radius 1 is 1.50 bits per heavy atom. The third-order valence-corrected chi connectivity index (χ3v) is 3.89. The molecule has 0 fully saturated rings. The Labute approximate surface area is 112 Å². The Balaban J connectivity index is 2.65. The molecule has 0 aliphatic rings. The highest BCUT2D eigenvalue weighted by Crippen LogP contribution is 2.37. The van der Waals surface area contributed by atoms with E-state index in [2.05, 4.69) is 10.2 Å². The van der Waals surface area contributed by atoms with Crippen LogP contribution in [0.1, 0.15) is 19.9 Å². The van der Waals surface area contributed by atoms with Crippen LogP contribution >= 0.6 is 46.8 Å². The van der Waals surface area contributed by atoms with Crippen molar-refractivity contribution in [3.63, 3.8) is 0 Å². The Kier molecular flexibility index (Phi) is 3.39. The molecule has 2 heterocycles. The molecule has 3 nitrogen and oxygen atoms in total. The number of aromatic nitrogens is 3. The summed E-state index contributed by atoms with van der Waals surface area (Å²) in [6, 6.07) is 2.02. The van der Waals surface area contributed by atoms with Crippen molar-refractivity contribution >= 4 is 46.8 Å². The highest BCUT2D eigenvalue weighted by atomic mass is 35.5. The predicted molar refractivity (Wildman–Crippen MR) is 71.1 cm³/mol. The maximum atomic E-state index is 6.10. The molecule has 0 saturated heterocycles. The van der Waals surface area contributed by atoms with E-state index >= 15 is 0 Å². The number of nitrogens with one attached hydrogen (secondary N) is 1. The Hall–Kier alpha value is -0.360. The molecule has 0 radical (unpaired) electrons. The first kappa shape index (κ1) is 12.1. The van der Waals surface area contributed by atoms with Crippen LogP contribution in [0.4, 0.5) is 0 Å². The molecule has 1 N–H and O–H groups in total. The quantitative estimate of drug-likeness (QED) is 0.824. The zero-order chi connectivity index (χ0) is 11.9. The summed E-state index contributed by atoms with van der Waals surface area (Å²) in [7, 11) is 0. The first-order valence-electron chi connectivity index (χ1n) is 4.63. The summed E-state index contributed by atoms with van der Waals surface area (Å²) in [5.41, 5.74) is 0.817. The number of H-pyrrole nitrogens is 1. The van der Waals surface area contributed by atoms with Crippen LogP contribution in [-0.2, 0) is 0 Å². The molecule has 0 bridgehead atoms. The van der Waals surface area contributed by atoms with Crippen LogP contribution < -0.4 is 0 Å². The second-order valence-corrected chi connectivity index (χ2v) is 6.23. The smallest absolute Gasteiger partial charge is 0.195 e. The Morgan fingerprint density at radius 3 is 2.69 bits per heavy atom. The van der Waals surface area contributed by atoms with E-state index in [-0.39, 0.29) is 6.04 Å². The normalized spacial score (nSPS) is 11.3. The molecule has 0 aliphatic carbocycles. The van der Waals surface area contributed by atoms with Crippen LogP contribution in [0.5, 0.6) is 0 Å². The lowest BCUT2D eigenvalue weighted by atomic mass is 10.3. The molecule has 2 rings (SSSR count). The lowest BCUT2D eigenvalue weighted by molar-refractivity contribution is 0.597. The summed E-state index contributed by atoms with van der Waals surface area (Å²) < 4.78 is 3.77. The maximum absolute atomic E-state index is 6.10.